The van der Waals surface area contributed by atoms with Crippen LogP contribution < -0.4 is 14.4 Å². The number of hydrogen-bond acceptors (Lipinski definition) is 8. The number of nitrogens with zero attached hydrogens (tertiary/aromatic N) is 7. The number of aryl methyl sites for hydroxylation is 1. The molecule has 0 unspecified atom stereocenters. The second-order valence-electron chi connectivity index (χ2n) is 12.3. The van der Waals surface area contributed by atoms with Crippen LogP contribution in [0.4, 0.5) is 19.0 Å². The Bertz CT molecular complexity index is 2130. The van der Waals surface area contributed by atoms with Crippen LogP contribution in [0.15, 0.2) is 61.1 Å². The van der Waals surface area contributed by atoms with Crippen LogP contribution in [0.2, 0.25) is 0 Å². The number of nitrogens with one attached hydrogen (secondary N) is 1. The number of aromatic amines is 1. The molecule has 2 aliphatic rings. The summed E-state index contributed by atoms with van der Waals surface area (Å²) in [5, 5.41) is 8.20. The number of methoxy groups -OCH3 is 2. The Morgan fingerprint density at radius 2 is 1.75 bits per heavy atom. The molecule has 0 radical (unpaired) electrons. The summed E-state index contributed by atoms with van der Waals surface area (Å²) in [6.45, 7) is 2.18. The van der Waals surface area contributed by atoms with E-state index < -0.39 is 17.5 Å². The lowest BCUT2D eigenvalue weighted by Gasteiger charge is -2.35. The largest absolute Gasteiger partial charge is 0.496 e. The fourth-order valence-corrected chi connectivity index (χ4v) is 6.71. The van der Waals surface area contributed by atoms with Gasteiger partial charge < -0.3 is 29.2 Å². The second kappa shape index (κ2) is 14.2. The fourth-order valence-electron chi connectivity index (χ4n) is 6.71. The zero-order valence-electron chi connectivity index (χ0n) is 28.0. The molecule has 0 spiro atoms. The number of benzene rings is 2. The van der Waals surface area contributed by atoms with Gasteiger partial charge in [-0.25, -0.2) is 13.8 Å². The summed E-state index contributed by atoms with van der Waals surface area (Å²) in [6, 6.07) is 10.8. The first-order valence-electron chi connectivity index (χ1n) is 16.5. The van der Waals surface area contributed by atoms with E-state index in [1.54, 1.807) is 51.0 Å². The molecule has 15 heteroatoms. The highest BCUT2D eigenvalue weighted by molar-refractivity contribution is 6.05. The maximum Gasteiger partial charge on any atom is 0.270 e. The molecule has 3 aromatic heterocycles. The van der Waals surface area contributed by atoms with Crippen molar-refractivity contribution in [3.05, 3.63) is 89.8 Å². The minimum Gasteiger partial charge on any atom is -0.496 e. The van der Waals surface area contributed by atoms with Gasteiger partial charge in [0.05, 0.1) is 38.7 Å². The van der Waals surface area contributed by atoms with Gasteiger partial charge in [0.25, 0.3) is 5.91 Å². The predicted octanol–water partition coefficient (Wildman–Crippen LogP) is 5.17. The summed E-state index contributed by atoms with van der Waals surface area (Å²) in [6.07, 6.45) is 6.78. The van der Waals surface area contributed by atoms with E-state index in [0.717, 1.165) is 6.20 Å². The molecule has 2 aliphatic heterocycles. The van der Waals surface area contributed by atoms with E-state index in [4.69, 9.17) is 9.47 Å². The molecule has 12 nitrogen and oxygen atoms in total. The maximum absolute atomic E-state index is 16.7. The van der Waals surface area contributed by atoms with E-state index in [0.29, 0.717) is 52.9 Å². The van der Waals surface area contributed by atoms with E-state index in [-0.39, 0.29) is 75.2 Å². The lowest BCUT2D eigenvalue weighted by Crippen LogP contribution is -2.49. The minimum absolute atomic E-state index is 0. The third-order valence-corrected chi connectivity index (χ3v) is 9.34. The third kappa shape index (κ3) is 6.46. The molecular weight excluding hydrogens is 665 g/mol. The topological polar surface area (TPSA) is 122 Å². The molecule has 0 bridgehead atoms. The van der Waals surface area contributed by atoms with Crippen LogP contribution in [-0.2, 0) is 11.3 Å². The quantitative estimate of drug-likeness (QED) is 0.224. The Balaban J connectivity index is 0.00000464. The average molecular weight is 703 g/mol. The van der Waals surface area contributed by atoms with Crippen LogP contribution in [0, 0.1) is 17.5 Å². The van der Waals surface area contributed by atoms with Crippen molar-refractivity contribution in [3.63, 3.8) is 0 Å². The summed E-state index contributed by atoms with van der Waals surface area (Å²) >= 11 is 0. The van der Waals surface area contributed by atoms with E-state index >= 15 is 4.39 Å². The lowest BCUT2D eigenvalue weighted by molar-refractivity contribution is -0.131. The zero-order valence-corrected chi connectivity index (χ0v) is 28.0. The van der Waals surface area contributed by atoms with Crippen LogP contribution in [0.5, 0.6) is 11.5 Å². The van der Waals surface area contributed by atoms with Gasteiger partial charge in [-0.05, 0) is 35.8 Å². The smallest absolute Gasteiger partial charge is 0.270 e. The number of carbonyl (C=O) groups is 2. The Labute approximate surface area is 292 Å². The molecule has 1 N–H and O–H groups in total. The molecule has 5 heterocycles. The molecule has 51 heavy (non-hydrogen) atoms. The maximum atomic E-state index is 16.7. The van der Waals surface area contributed by atoms with Gasteiger partial charge in [-0.15, -0.1) is 5.10 Å². The summed E-state index contributed by atoms with van der Waals surface area (Å²) in [5.74, 6) is -2.77. The van der Waals surface area contributed by atoms with Crippen molar-refractivity contribution in [2.24, 2.45) is 0 Å². The number of pyridine rings is 1. The van der Waals surface area contributed by atoms with Crippen molar-refractivity contribution in [2.75, 3.05) is 58.4 Å². The number of carbonyl (C=O) groups excluding carboxylic acids is 2. The SMILES string of the molecule is COc1ccccc1-c1cc(C2=CCCN(C(=O)CCn3ccnn3)C2)c(F)c2[nH]c(C(=O)N3CCN(c4ncc(F)c(F)c4OC)CC3)cc12.[HH]. The Morgan fingerprint density at radius 3 is 2.49 bits per heavy atom. The molecule has 0 aliphatic carbocycles. The molecule has 0 atom stereocenters. The predicted molar refractivity (Wildman–Crippen MR) is 185 cm³/mol. The number of para-hydroxylation sites is 1. The number of H-pyrrole nitrogens is 1. The van der Waals surface area contributed by atoms with Crippen molar-refractivity contribution in [3.8, 4) is 22.6 Å². The van der Waals surface area contributed by atoms with Crippen LogP contribution in [0.3, 0.4) is 0 Å². The number of piperazine rings is 1. The van der Waals surface area contributed by atoms with Gasteiger partial charge in [-0.2, -0.15) is 4.39 Å². The summed E-state index contributed by atoms with van der Waals surface area (Å²) in [4.78, 5) is 39.2. The molecule has 0 saturated carbocycles. The van der Waals surface area contributed by atoms with Gasteiger partial charge in [0, 0.05) is 69.8 Å². The highest BCUT2D eigenvalue weighted by atomic mass is 19.2. The van der Waals surface area contributed by atoms with Crippen LogP contribution in [0.1, 0.15) is 30.3 Å². The number of fused-ring (bicyclic) bond motifs is 1. The fraction of sp³-hybridized carbons (Fsp3) is 0.306. The number of amides is 2. The van der Waals surface area contributed by atoms with Crippen molar-refractivity contribution in [1.82, 2.24) is 34.8 Å². The monoisotopic (exact) mass is 702 g/mol. The minimum atomic E-state index is -1.13. The number of rotatable bonds is 9. The number of aromatic nitrogens is 5. The zero-order chi connectivity index (χ0) is 35.6. The van der Waals surface area contributed by atoms with Crippen molar-refractivity contribution in [2.45, 2.75) is 19.4 Å². The molecule has 266 valence electrons. The van der Waals surface area contributed by atoms with Crippen LogP contribution >= 0.6 is 0 Å². The molecule has 2 aromatic carbocycles. The van der Waals surface area contributed by atoms with Gasteiger partial charge in [0.1, 0.15) is 11.4 Å². The second-order valence-corrected chi connectivity index (χ2v) is 12.3. The van der Waals surface area contributed by atoms with Crippen molar-refractivity contribution >= 4 is 34.1 Å². The first kappa shape index (κ1) is 33.6. The molecule has 2 amide bonds. The van der Waals surface area contributed by atoms with Gasteiger partial charge in [0.2, 0.25) is 17.5 Å². The summed E-state index contributed by atoms with van der Waals surface area (Å²) in [7, 11) is 2.80. The van der Waals surface area contributed by atoms with Gasteiger partial charge in [-0.1, -0.05) is 29.5 Å². The normalized spacial score (nSPS) is 14.9. The Morgan fingerprint density at radius 1 is 0.941 bits per heavy atom. The van der Waals surface area contributed by atoms with E-state index in [9.17, 15) is 18.4 Å². The standard InChI is InChI=1S/C36H35F3N8O4.H2/c1-50-29-8-4-3-7-23(29)25-18-24(22-6-5-11-46(21-22)30(48)9-12-47-13-10-41-43-47)31(38)33-26(25)19-28(42-33)36(49)45-16-14-44(15-17-45)35-34(51-2)32(39)27(37)20-40-35;/h3-4,6-8,10,13,18-20,42H,5,9,11-12,14-17,21H2,1-2H3;1H. The number of ether oxygens (including phenoxy) is 2. The van der Waals surface area contributed by atoms with Gasteiger partial charge in [0.15, 0.2) is 17.5 Å². The molecule has 1 saturated heterocycles. The lowest BCUT2D eigenvalue weighted by atomic mass is 9.93. The highest BCUT2D eigenvalue weighted by Crippen LogP contribution is 2.40. The Hall–Kier alpha value is -5.86. The summed E-state index contributed by atoms with van der Waals surface area (Å²) in [5.41, 5.74) is 2.69. The molecule has 7 rings (SSSR count). The third-order valence-electron chi connectivity index (χ3n) is 9.34. The van der Waals surface area contributed by atoms with Crippen LogP contribution in [-0.4, -0.2) is 100 Å². The van der Waals surface area contributed by atoms with Crippen molar-refractivity contribution in [1.29, 1.82) is 0 Å². The Kier molecular flexibility index (Phi) is 9.34. The molecule has 5 aromatic rings. The number of hydrogen-bond donors (Lipinski definition) is 1. The first-order valence-corrected chi connectivity index (χ1v) is 16.5. The van der Waals surface area contributed by atoms with Crippen LogP contribution in [0.25, 0.3) is 27.6 Å². The molecule has 1 fully saturated rings. The molecular formula is C36H37F3N8O4. The summed E-state index contributed by atoms with van der Waals surface area (Å²) < 4.78 is 57.1. The van der Waals surface area contributed by atoms with Gasteiger partial charge >= 0.3 is 0 Å². The highest BCUT2D eigenvalue weighted by Gasteiger charge is 2.30. The average Bonchev–Trinajstić information content (AvgIpc) is 3.86. The number of halogens is 3. The first-order chi connectivity index (χ1) is 24.8. The van der Waals surface area contributed by atoms with E-state index in [1.807, 2.05) is 30.3 Å². The van der Waals surface area contributed by atoms with E-state index in [1.165, 1.54) is 7.11 Å². The van der Waals surface area contributed by atoms with E-state index in [2.05, 4.69) is 20.3 Å². The van der Waals surface area contributed by atoms with Gasteiger partial charge in [-0.3, -0.25) is 14.3 Å². The van der Waals surface area contributed by atoms with Crippen molar-refractivity contribution < 1.29 is 33.7 Å². The number of anilines is 1.